The molecule has 2 aliphatic heterocycles. The second-order valence-corrected chi connectivity index (χ2v) is 15.2. The van der Waals surface area contributed by atoms with Gasteiger partial charge >= 0.3 is 6.09 Å². The zero-order chi connectivity index (χ0) is 39.6. The maximum atomic E-state index is 13.5. The van der Waals surface area contributed by atoms with Crippen LogP contribution in [0.3, 0.4) is 0 Å². The molecule has 0 aromatic heterocycles. The maximum Gasteiger partial charge on any atom is 0.413 e. The Kier molecular flexibility index (Phi) is 13.9. The van der Waals surface area contributed by atoms with Crippen molar-refractivity contribution in [3.63, 3.8) is 0 Å². The molecule has 0 aliphatic carbocycles. The predicted molar refractivity (Wildman–Crippen MR) is 203 cm³/mol. The summed E-state index contributed by atoms with van der Waals surface area (Å²) in [5.74, 6) is 5.39. The highest BCUT2D eigenvalue weighted by molar-refractivity contribution is 5.80. The number of nitrogens with zero attached hydrogens (tertiary/aromatic N) is 1. The molecule has 1 unspecified atom stereocenters. The van der Waals surface area contributed by atoms with Gasteiger partial charge in [-0.1, -0.05) is 103 Å². The van der Waals surface area contributed by atoms with E-state index >= 15 is 0 Å². The molecule has 2 saturated heterocycles. The molecular formula is C43H52N2O10. The van der Waals surface area contributed by atoms with E-state index in [4.69, 9.17) is 28.4 Å². The summed E-state index contributed by atoms with van der Waals surface area (Å²) >= 11 is 0. The molecule has 2 N–H and O–H groups in total. The number of aliphatic hydroxyl groups excluding tert-OH is 1. The van der Waals surface area contributed by atoms with E-state index in [1.165, 1.54) is 6.92 Å². The van der Waals surface area contributed by atoms with Gasteiger partial charge in [-0.2, -0.15) is 0 Å². The van der Waals surface area contributed by atoms with Crippen molar-refractivity contribution in [2.45, 2.75) is 115 Å². The van der Waals surface area contributed by atoms with E-state index in [1.54, 1.807) is 34.6 Å². The van der Waals surface area contributed by atoms with Gasteiger partial charge in [0.25, 0.3) is 0 Å². The van der Waals surface area contributed by atoms with Gasteiger partial charge in [0, 0.05) is 6.92 Å². The predicted octanol–water partition coefficient (Wildman–Crippen LogP) is 4.95. The highest BCUT2D eigenvalue weighted by Crippen LogP contribution is 2.38. The zero-order valence-corrected chi connectivity index (χ0v) is 32.3. The molecule has 0 saturated carbocycles. The van der Waals surface area contributed by atoms with Crippen LogP contribution in [-0.4, -0.2) is 94.9 Å². The van der Waals surface area contributed by atoms with E-state index in [2.05, 4.69) is 17.2 Å². The summed E-state index contributed by atoms with van der Waals surface area (Å²) in [6.07, 6.45) is -5.57. The second kappa shape index (κ2) is 18.3. The average molecular weight is 757 g/mol. The van der Waals surface area contributed by atoms with Gasteiger partial charge in [0.15, 0.2) is 11.8 Å². The van der Waals surface area contributed by atoms with Crippen LogP contribution in [0.1, 0.15) is 58.2 Å². The molecule has 2 aliphatic rings. The lowest BCUT2D eigenvalue weighted by molar-refractivity contribution is -0.222. The summed E-state index contributed by atoms with van der Waals surface area (Å²) in [6, 6.07) is 28.0. The number of hydrogen-bond donors (Lipinski definition) is 2. The monoisotopic (exact) mass is 756 g/mol. The zero-order valence-electron chi connectivity index (χ0n) is 32.3. The normalized spacial score (nSPS) is 25.3. The lowest BCUT2D eigenvalue weighted by Gasteiger charge is -2.45. The number of rotatable bonds is 13. The third kappa shape index (κ3) is 10.8. The van der Waals surface area contributed by atoms with Crippen LogP contribution in [0.25, 0.3) is 0 Å². The summed E-state index contributed by atoms with van der Waals surface area (Å²) in [7, 11) is 0. The molecule has 55 heavy (non-hydrogen) atoms. The van der Waals surface area contributed by atoms with Crippen LogP contribution >= 0.6 is 0 Å². The molecule has 12 nitrogen and oxygen atoms in total. The number of nitrogens with one attached hydrogen (secondary N) is 1. The molecule has 5 rings (SSSR count). The van der Waals surface area contributed by atoms with Crippen LogP contribution in [0.2, 0.25) is 0 Å². The van der Waals surface area contributed by atoms with Crippen LogP contribution in [0.5, 0.6) is 0 Å². The Morgan fingerprint density at radius 2 is 1.44 bits per heavy atom. The Bertz CT molecular complexity index is 1770. The van der Waals surface area contributed by atoms with Crippen LogP contribution < -0.4 is 5.32 Å². The van der Waals surface area contributed by atoms with Crippen molar-refractivity contribution in [3.05, 3.63) is 108 Å². The molecule has 0 bridgehead atoms. The number of carbonyl (C=O) groups excluding carboxylic acids is 3. The number of hydrogen-bond acceptors (Lipinski definition) is 10. The van der Waals surface area contributed by atoms with E-state index in [-0.39, 0.29) is 32.3 Å². The summed E-state index contributed by atoms with van der Waals surface area (Å²) in [6.45, 7) is 10.1. The van der Waals surface area contributed by atoms with Crippen LogP contribution in [0.15, 0.2) is 91.0 Å². The summed E-state index contributed by atoms with van der Waals surface area (Å²) < 4.78 is 37.5. The standard InChI is InChI=1S/C43H52N2O10/c1-30(47)44-37-34(22-23-36(48)43(28-46)29-53-42(5,6)45(43)40(49)55-41(2,3)4)54-35(27-50-24-31-16-10-7-11-17-31)38(51-25-32-18-12-8-13-19-32)39(37)52-26-33-20-14-9-15-21-33/h7-21,28,34-39,48H,24-27,29H2,1-6H3,(H,44,47)/t34-,35+,36?,37-,38+,39+,43+/m0/s1. The van der Waals surface area contributed by atoms with Gasteiger partial charge in [-0.25, -0.2) is 4.79 Å². The van der Waals surface area contributed by atoms with Crippen molar-refractivity contribution in [3.8, 4) is 11.8 Å². The molecule has 2 fully saturated rings. The number of aliphatic hydroxyl groups is 1. The number of aldehydes is 1. The van der Waals surface area contributed by atoms with Gasteiger partial charge in [0.2, 0.25) is 5.91 Å². The van der Waals surface area contributed by atoms with Gasteiger partial charge in [-0.05, 0) is 51.3 Å². The van der Waals surface area contributed by atoms with E-state index in [0.717, 1.165) is 21.6 Å². The minimum atomic E-state index is -1.92. The van der Waals surface area contributed by atoms with Gasteiger partial charge < -0.3 is 43.6 Å². The highest BCUT2D eigenvalue weighted by Gasteiger charge is 2.59. The van der Waals surface area contributed by atoms with Gasteiger partial charge in [-0.3, -0.25) is 9.69 Å². The average Bonchev–Trinajstić information content (AvgIpc) is 3.44. The van der Waals surface area contributed by atoms with Gasteiger partial charge in [0.05, 0.1) is 39.1 Å². The van der Waals surface area contributed by atoms with E-state index in [1.807, 2.05) is 91.0 Å². The van der Waals surface area contributed by atoms with Gasteiger partial charge in [-0.15, -0.1) is 0 Å². The first kappa shape index (κ1) is 41.6. The quantitative estimate of drug-likeness (QED) is 0.182. The first-order chi connectivity index (χ1) is 26.2. The Labute approximate surface area is 323 Å². The number of carbonyl (C=O) groups is 3. The highest BCUT2D eigenvalue weighted by atomic mass is 16.6. The fourth-order valence-corrected chi connectivity index (χ4v) is 6.65. The molecule has 3 aromatic rings. The molecule has 12 heteroatoms. The second-order valence-electron chi connectivity index (χ2n) is 15.2. The number of benzene rings is 3. The number of amides is 2. The minimum Gasteiger partial charge on any atom is -0.444 e. The molecule has 0 radical (unpaired) electrons. The fraction of sp³-hybridized carbons (Fsp3) is 0.465. The summed E-state index contributed by atoms with van der Waals surface area (Å²) in [5, 5.41) is 14.7. The number of ether oxygens (including phenoxy) is 6. The smallest absolute Gasteiger partial charge is 0.413 e. The van der Waals surface area contributed by atoms with Crippen LogP contribution in [0.4, 0.5) is 4.79 Å². The molecule has 2 heterocycles. The lowest BCUT2D eigenvalue weighted by Crippen LogP contribution is -2.65. The van der Waals surface area contributed by atoms with Crippen molar-refractivity contribution >= 4 is 18.3 Å². The van der Waals surface area contributed by atoms with Crippen molar-refractivity contribution in [1.82, 2.24) is 10.2 Å². The third-order valence-corrected chi connectivity index (χ3v) is 9.25. The summed E-state index contributed by atoms with van der Waals surface area (Å²) in [4.78, 5) is 40.3. The van der Waals surface area contributed by atoms with Crippen LogP contribution in [0, 0.1) is 11.8 Å². The van der Waals surface area contributed by atoms with E-state index in [0.29, 0.717) is 12.9 Å². The Morgan fingerprint density at radius 1 is 0.909 bits per heavy atom. The summed E-state index contributed by atoms with van der Waals surface area (Å²) in [5.41, 5.74) is -1.35. The third-order valence-electron chi connectivity index (χ3n) is 9.25. The van der Waals surface area contributed by atoms with E-state index < -0.39 is 59.5 Å². The first-order valence-electron chi connectivity index (χ1n) is 18.4. The Balaban J connectivity index is 1.51. The largest absolute Gasteiger partial charge is 0.444 e. The van der Waals surface area contributed by atoms with Crippen molar-refractivity contribution in [2.24, 2.45) is 0 Å². The van der Waals surface area contributed by atoms with Crippen molar-refractivity contribution in [1.29, 1.82) is 0 Å². The lowest BCUT2D eigenvalue weighted by atomic mass is 9.90. The first-order valence-corrected chi connectivity index (χ1v) is 18.4. The molecule has 3 aromatic carbocycles. The molecule has 294 valence electrons. The van der Waals surface area contributed by atoms with Crippen LogP contribution in [-0.2, 0) is 57.8 Å². The Hall–Kier alpha value is -4.61. The molecule has 0 spiro atoms. The van der Waals surface area contributed by atoms with Gasteiger partial charge in [0.1, 0.15) is 41.8 Å². The molecule has 2 amide bonds. The molecule has 7 atom stereocenters. The minimum absolute atomic E-state index is 0.0692. The fourth-order valence-electron chi connectivity index (χ4n) is 6.65. The van der Waals surface area contributed by atoms with Crippen molar-refractivity contribution in [2.75, 3.05) is 13.2 Å². The van der Waals surface area contributed by atoms with Crippen molar-refractivity contribution < 1.29 is 47.9 Å². The Morgan fingerprint density at radius 3 is 1.95 bits per heavy atom. The SMILES string of the molecule is CC(=O)N[C@@H]1[C@@H](OCc2ccccc2)[C@H](OCc2ccccc2)[C@@H](COCc2ccccc2)O[C@H]1C#CC(O)[C@@]1(C=O)COC(C)(C)N1C(=O)OC(C)(C)C. The topological polar surface area (TPSA) is 142 Å². The maximum absolute atomic E-state index is 13.5. The molecular weight excluding hydrogens is 704 g/mol. The van der Waals surface area contributed by atoms with E-state index in [9.17, 15) is 19.5 Å².